The van der Waals surface area contributed by atoms with Crippen molar-refractivity contribution in [1.82, 2.24) is 4.90 Å². The van der Waals surface area contributed by atoms with Gasteiger partial charge in [-0.15, -0.1) is 0 Å². The number of ether oxygens (including phenoxy) is 1. The van der Waals surface area contributed by atoms with E-state index in [1.165, 1.54) is 0 Å². The molecule has 0 aliphatic rings. The minimum absolute atomic E-state index is 0.0275. The predicted molar refractivity (Wildman–Crippen MR) is 88.1 cm³/mol. The molecular weight excluding hydrogens is 262 g/mol. The lowest BCUT2D eigenvalue weighted by atomic mass is 9.91. The highest BCUT2D eigenvalue weighted by Gasteiger charge is 2.16. The summed E-state index contributed by atoms with van der Waals surface area (Å²) >= 11 is 0. The van der Waals surface area contributed by atoms with Crippen molar-refractivity contribution in [3.63, 3.8) is 0 Å². The first-order valence-electron chi connectivity index (χ1n) is 8.13. The average molecular weight is 291 g/mol. The molecular formula is C18H29NO2. The SMILES string of the molecule is CCC(=O)[C@H](CC)c1ccc(OCCN(CC)CC)cc1. The summed E-state index contributed by atoms with van der Waals surface area (Å²) in [6, 6.07) is 8.00. The van der Waals surface area contributed by atoms with E-state index in [1.807, 2.05) is 31.2 Å². The third-order valence-corrected chi connectivity index (χ3v) is 4.00. The molecule has 1 rings (SSSR count). The molecule has 3 nitrogen and oxygen atoms in total. The third kappa shape index (κ3) is 5.50. The molecule has 21 heavy (non-hydrogen) atoms. The van der Waals surface area contributed by atoms with E-state index in [0.29, 0.717) is 18.8 Å². The summed E-state index contributed by atoms with van der Waals surface area (Å²) < 4.78 is 5.77. The molecule has 0 aliphatic carbocycles. The maximum absolute atomic E-state index is 11.9. The van der Waals surface area contributed by atoms with Gasteiger partial charge in [-0.3, -0.25) is 4.79 Å². The van der Waals surface area contributed by atoms with Crippen LogP contribution < -0.4 is 4.74 Å². The Morgan fingerprint density at radius 2 is 1.71 bits per heavy atom. The van der Waals surface area contributed by atoms with Crippen LogP contribution in [0.4, 0.5) is 0 Å². The van der Waals surface area contributed by atoms with Gasteiger partial charge in [0.05, 0.1) is 0 Å². The molecule has 0 heterocycles. The zero-order valence-corrected chi connectivity index (χ0v) is 13.9. The maximum atomic E-state index is 11.9. The lowest BCUT2D eigenvalue weighted by Gasteiger charge is -2.18. The van der Waals surface area contributed by atoms with Crippen LogP contribution in [0.3, 0.4) is 0 Å². The van der Waals surface area contributed by atoms with Gasteiger partial charge >= 0.3 is 0 Å². The van der Waals surface area contributed by atoms with E-state index in [9.17, 15) is 4.79 Å². The monoisotopic (exact) mass is 291 g/mol. The van der Waals surface area contributed by atoms with Crippen LogP contribution in [0.15, 0.2) is 24.3 Å². The smallest absolute Gasteiger partial charge is 0.140 e. The van der Waals surface area contributed by atoms with Crippen LogP contribution in [0.25, 0.3) is 0 Å². The van der Waals surface area contributed by atoms with E-state index in [2.05, 4.69) is 25.7 Å². The number of ketones is 1. The zero-order chi connectivity index (χ0) is 15.7. The number of likely N-dealkylation sites (N-methyl/N-ethyl adjacent to an activating group) is 1. The van der Waals surface area contributed by atoms with Crippen LogP contribution in [0, 0.1) is 0 Å². The van der Waals surface area contributed by atoms with Crippen LogP contribution in [-0.2, 0) is 4.79 Å². The van der Waals surface area contributed by atoms with Crippen molar-refractivity contribution >= 4 is 5.78 Å². The molecule has 0 bridgehead atoms. The summed E-state index contributed by atoms with van der Waals surface area (Å²) in [7, 11) is 0. The van der Waals surface area contributed by atoms with Crippen LogP contribution in [-0.4, -0.2) is 36.9 Å². The Morgan fingerprint density at radius 1 is 1.10 bits per heavy atom. The number of carbonyl (C=O) groups is 1. The fourth-order valence-corrected chi connectivity index (χ4v) is 2.52. The molecule has 118 valence electrons. The van der Waals surface area contributed by atoms with Gasteiger partial charge in [0.1, 0.15) is 18.1 Å². The first-order chi connectivity index (χ1) is 10.2. The molecule has 3 heteroatoms. The molecule has 0 saturated carbocycles. The summed E-state index contributed by atoms with van der Waals surface area (Å²) in [6.07, 6.45) is 1.45. The van der Waals surface area contributed by atoms with Gasteiger partial charge in [0, 0.05) is 18.9 Å². The van der Waals surface area contributed by atoms with E-state index in [1.54, 1.807) is 0 Å². The highest BCUT2D eigenvalue weighted by Crippen LogP contribution is 2.24. The van der Waals surface area contributed by atoms with Gasteiger partial charge in [-0.25, -0.2) is 0 Å². The van der Waals surface area contributed by atoms with Crippen molar-refractivity contribution in [3.8, 4) is 5.75 Å². The first-order valence-corrected chi connectivity index (χ1v) is 8.13. The second kappa shape index (κ2) is 9.56. The van der Waals surface area contributed by atoms with Gasteiger partial charge in [0.25, 0.3) is 0 Å². The van der Waals surface area contributed by atoms with Gasteiger partial charge < -0.3 is 9.64 Å². The Balaban J connectivity index is 2.55. The summed E-state index contributed by atoms with van der Waals surface area (Å²) in [5, 5.41) is 0. The Hall–Kier alpha value is -1.35. The van der Waals surface area contributed by atoms with Crippen LogP contribution >= 0.6 is 0 Å². The minimum atomic E-state index is 0.0275. The van der Waals surface area contributed by atoms with Gasteiger partial charge in [0.2, 0.25) is 0 Å². The second-order valence-electron chi connectivity index (χ2n) is 5.23. The normalized spacial score (nSPS) is 12.4. The number of benzene rings is 1. The fourth-order valence-electron chi connectivity index (χ4n) is 2.52. The molecule has 1 aromatic carbocycles. The number of hydrogen-bond acceptors (Lipinski definition) is 3. The summed E-state index contributed by atoms with van der Waals surface area (Å²) in [4.78, 5) is 14.2. The highest BCUT2D eigenvalue weighted by molar-refractivity contribution is 5.85. The van der Waals surface area contributed by atoms with E-state index in [-0.39, 0.29) is 5.92 Å². The number of hydrogen-bond donors (Lipinski definition) is 0. The highest BCUT2D eigenvalue weighted by atomic mass is 16.5. The summed E-state index contributed by atoms with van der Waals surface area (Å²) in [5.74, 6) is 1.22. The molecule has 0 fully saturated rings. The Bertz CT molecular complexity index is 410. The maximum Gasteiger partial charge on any atom is 0.140 e. The van der Waals surface area contributed by atoms with Gasteiger partial charge in [-0.05, 0) is 37.2 Å². The zero-order valence-electron chi connectivity index (χ0n) is 13.9. The van der Waals surface area contributed by atoms with E-state index in [0.717, 1.165) is 37.4 Å². The molecule has 0 aliphatic heterocycles. The predicted octanol–water partition coefficient (Wildman–Crippen LogP) is 3.88. The number of Topliss-reactive ketones (excluding diaryl/α,β-unsaturated/α-hetero) is 1. The van der Waals surface area contributed by atoms with Crippen LogP contribution in [0.1, 0.15) is 52.0 Å². The minimum Gasteiger partial charge on any atom is -0.492 e. The van der Waals surface area contributed by atoms with Gasteiger partial charge in [-0.2, -0.15) is 0 Å². The van der Waals surface area contributed by atoms with Gasteiger partial charge in [-0.1, -0.05) is 39.8 Å². The lowest BCUT2D eigenvalue weighted by Crippen LogP contribution is -2.27. The van der Waals surface area contributed by atoms with Crippen LogP contribution in [0.5, 0.6) is 5.75 Å². The van der Waals surface area contributed by atoms with Crippen molar-refractivity contribution < 1.29 is 9.53 Å². The standard InChI is InChI=1S/C18H29NO2/c1-5-17(18(20)6-2)15-9-11-16(12-10-15)21-14-13-19(7-3)8-4/h9-12,17H,5-8,13-14H2,1-4H3/t17-/m1/s1. The number of rotatable bonds is 10. The third-order valence-electron chi connectivity index (χ3n) is 4.00. The molecule has 0 saturated heterocycles. The Morgan fingerprint density at radius 3 is 2.19 bits per heavy atom. The van der Waals surface area contributed by atoms with Crippen LogP contribution in [0.2, 0.25) is 0 Å². The Labute approximate surface area is 129 Å². The van der Waals surface area contributed by atoms with Crippen molar-refractivity contribution in [1.29, 1.82) is 0 Å². The van der Waals surface area contributed by atoms with E-state index in [4.69, 9.17) is 4.74 Å². The molecule has 0 spiro atoms. The van der Waals surface area contributed by atoms with Crippen molar-refractivity contribution in [2.75, 3.05) is 26.2 Å². The largest absolute Gasteiger partial charge is 0.492 e. The van der Waals surface area contributed by atoms with Crippen molar-refractivity contribution in [3.05, 3.63) is 29.8 Å². The molecule has 0 N–H and O–H groups in total. The topological polar surface area (TPSA) is 29.5 Å². The molecule has 0 unspecified atom stereocenters. The lowest BCUT2D eigenvalue weighted by molar-refractivity contribution is -0.120. The Kier molecular flexibility index (Phi) is 8.06. The summed E-state index contributed by atoms with van der Waals surface area (Å²) in [5.41, 5.74) is 1.10. The van der Waals surface area contributed by atoms with E-state index >= 15 is 0 Å². The average Bonchev–Trinajstić information content (AvgIpc) is 2.53. The molecule has 1 aromatic rings. The van der Waals surface area contributed by atoms with Crippen molar-refractivity contribution in [2.24, 2.45) is 0 Å². The van der Waals surface area contributed by atoms with E-state index < -0.39 is 0 Å². The van der Waals surface area contributed by atoms with Crippen molar-refractivity contribution in [2.45, 2.75) is 46.5 Å². The number of nitrogens with zero attached hydrogens (tertiary/aromatic N) is 1. The molecule has 0 aromatic heterocycles. The first kappa shape index (κ1) is 17.7. The number of carbonyl (C=O) groups excluding carboxylic acids is 1. The van der Waals surface area contributed by atoms with Gasteiger partial charge in [0.15, 0.2) is 0 Å². The fraction of sp³-hybridized carbons (Fsp3) is 0.611. The second-order valence-corrected chi connectivity index (χ2v) is 5.23. The molecule has 1 atom stereocenters. The molecule has 0 radical (unpaired) electrons. The molecule has 0 amide bonds. The quantitative estimate of drug-likeness (QED) is 0.655. The summed E-state index contributed by atoms with van der Waals surface area (Å²) in [6.45, 7) is 12.1.